The summed E-state index contributed by atoms with van der Waals surface area (Å²) in [5, 5.41) is 3.28. The van der Waals surface area contributed by atoms with Crippen LogP contribution in [0.15, 0.2) is 54.6 Å². The van der Waals surface area contributed by atoms with Crippen molar-refractivity contribution >= 4 is 5.57 Å². The number of rotatable bonds is 5. The van der Waals surface area contributed by atoms with E-state index in [-0.39, 0.29) is 5.82 Å². The molecule has 1 N–H and O–H groups in total. The second-order valence-electron chi connectivity index (χ2n) is 4.78. The standard InChI is InChI=1S/C18H20FN/c1-3-20-13-12-14(2)15-4-6-16(7-5-15)17-8-10-18(19)11-9-17/h4-12,20H,3,13H2,1-2H3. The van der Waals surface area contributed by atoms with Gasteiger partial charge in [0.25, 0.3) is 0 Å². The van der Waals surface area contributed by atoms with E-state index in [1.165, 1.54) is 23.3 Å². The Kier molecular flexibility index (Phi) is 5.08. The van der Waals surface area contributed by atoms with Crippen LogP contribution in [-0.2, 0) is 0 Å². The molecule has 0 fully saturated rings. The maximum atomic E-state index is 12.9. The highest BCUT2D eigenvalue weighted by atomic mass is 19.1. The van der Waals surface area contributed by atoms with Crippen LogP contribution in [0.25, 0.3) is 16.7 Å². The number of benzene rings is 2. The summed E-state index contributed by atoms with van der Waals surface area (Å²) in [6.07, 6.45) is 2.19. The van der Waals surface area contributed by atoms with Gasteiger partial charge >= 0.3 is 0 Å². The van der Waals surface area contributed by atoms with Gasteiger partial charge in [-0.2, -0.15) is 0 Å². The topological polar surface area (TPSA) is 12.0 Å². The molecule has 0 radical (unpaired) electrons. The summed E-state index contributed by atoms with van der Waals surface area (Å²) >= 11 is 0. The van der Waals surface area contributed by atoms with Gasteiger partial charge in [0, 0.05) is 6.54 Å². The van der Waals surface area contributed by atoms with Crippen LogP contribution < -0.4 is 5.32 Å². The van der Waals surface area contributed by atoms with Crippen LogP contribution in [0.3, 0.4) is 0 Å². The number of likely N-dealkylation sites (N-methyl/N-ethyl adjacent to an activating group) is 1. The van der Waals surface area contributed by atoms with Crippen molar-refractivity contribution in [1.82, 2.24) is 5.32 Å². The normalized spacial score (nSPS) is 11.7. The third-order valence-electron chi connectivity index (χ3n) is 3.32. The van der Waals surface area contributed by atoms with Crippen molar-refractivity contribution in [2.24, 2.45) is 0 Å². The molecule has 2 rings (SSSR count). The molecule has 0 spiro atoms. The highest BCUT2D eigenvalue weighted by Crippen LogP contribution is 2.22. The molecule has 0 unspecified atom stereocenters. The second kappa shape index (κ2) is 7.01. The molecule has 104 valence electrons. The number of hydrogen-bond donors (Lipinski definition) is 1. The van der Waals surface area contributed by atoms with E-state index in [4.69, 9.17) is 0 Å². The average Bonchev–Trinajstić information content (AvgIpc) is 2.48. The molecular formula is C18H20FN. The fourth-order valence-corrected chi connectivity index (χ4v) is 2.06. The summed E-state index contributed by atoms with van der Waals surface area (Å²) in [7, 11) is 0. The molecule has 0 aromatic heterocycles. The third kappa shape index (κ3) is 3.78. The minimum Gasteiger partial charge on any atom is -0.314 e. The van der Waals surface area contributed by atoms with E-state index >= 15 is 0 Å². The minimum atomic E-state index is -0.201. The van der Waals surface area contributed by atoms with Gasteiger partial charge in [0.1, 0.15) is 5.82 Å². The zero-order valence-corrected chi connectivity index (χ0v) is 12.0. The molecule has 1 nitrogen and oxygen atoms in total. The average molecular weight is 269 g/mol. The van der Waals surface area contributed by atoms with Crippen LogP contribution in [0, 0.1) is 5.82 Å². The largest absolute Gasteiger partial charge is 0.314 e. The van der Waals surface area contributed by atoms with Crippen LogP contribution in [0.1, 0.15) is 19.4 Å². The van der Waals surface area contributed by atoms with Crippen molar-refractivity contribution in [3.05, 3.63) is 66.0 Å². The Balaban J connectivity index is 2.13. The molecular weight excluding hydrogens is 249 g/mol. The molecule has 0 heterocycles. The summed E-state index contributed by atoms with van der Waals surface area (Å²) in [5.41, 5.74) is 4.62. The van der Waals surface area contributed by atoms with E-state index in [1.807, 2.05) is 0 Å². The first-order valence-corrected chi connectivity index (χ1v) is 6.94. The lowest BCUT2D eigenvalue weighted by Crippen LogP contribution is -2.11. The summed E-state index contributed by atoms with van der Waals surface area (Å²) in [4.78, 5) is 0. The molecule has 0 atom stereocenters. The van der Waals surface area contributed by atoms with Gasteiger partial charge in [0.05, 0.1) is 0 Å². The highest BCUT2D eigenvalue weighted by Gasteiger charge is 2.00. The maximum absolute atomic E-state index is 12.9. The van der Waals surface area contributed by atoms with Gasteiger partial charge in [0.15, 0.2) is 0 Å². The lowest BCUT2D eigenvalue weighted by Gasteiger charge is -2.06. The van der Waals surface area contributed by atoms with Crippen molar-refractivity contribution < 1.29 is 4.39 Å². The summed E-state index contributed by atoms with van der Waals surface area (Å²) in [6, 6.07) is 15.0. The maximum Gasteiger partial charge on any atom is 0.123 e. The van der Waals surface area contributed by atoms with Crippen molar-refractivity contribution in [1.29, 1.82) is 0 Å². The van der Waals surface area contributed by atoms with E-state index in [0.29, 0.717) is 0 Å². The second-order valence-corrected chi connectivity index (χ2v) is 4.78. The van der Waals surface area contributed by atoms with Gasteiger partial charge in [0.2, 0.25) is 0 Å². The van der Waals surface area contributed by atoms with Gasteiger partial charge in [-0.3, -0.25) is 0 Å². The first kappa shape index (κ1) is 14.5. The zero-order valence-electron chi connectivity index (χ0n) is 12.0. The molecule has 0 aliphatic heterocycles. The van der Waals surface area contributed by atoms with Gasteiger partial charge in [-0.05, 0) is 47.9 Å². The number of allylic oxidation sites excluding steroid dienone is 1. The molecule has 0 amide bonds. The third-order valence-corrected chi connectivity index (χ3v) is 3.32. The van der Waals surface area contributed by atoms with Crippen LogP contribution in [0.5, 0.6) is 0 Å². The first-order valence-electron chi connectivity index (χ1n) is 6.94. The van der Waals surface area contributed by atoms with Gasteiger partial charge in [-0.25, -0.2) is 4.39 Å². The van der Waals surface area contributed by atoms with E-state index in [1.54, 1.807) is 12.1 Å². The quantitative estimate of drug-likeness (QED) is 0.788. The van der Waals surface area contributed by atoms with Crippen molar-refractivity contribution in [3.63, 3.8) is 0 Å². The highest BCUT2D eigenvalue weighted by molar-refractivity contribution is 5.69. The Morgan fingerprint density at radius 2 is 1.55 bits per heavy atom. The molecule has 2 aromatic carbocycles. The number of nitrogens with one attached hydrogen (secondary N) is 1. The molecule has 2 aromatic rings. The monoisotopic (exact) mass is 269 g/mol. The predicted octanol–water partition coefficient (Wildman–Crippen LogP) is 4.51. The summed E-state index contributed by atoms with van der Waals surface area (Å²) in [6.45, 7) is 6.08. The Bertz CT molecular complexity index is 567. The molecule has 0 aliphatic rings. The van der Waals surface area contributed by atoms with Crippen LogP contribution in [0.2, 0.25) is 0 Å². The molecule has 0 aliphatic carbocycles. The predicted molar refractivity (Wildman–Crippen MR) is 84.0 cm³/mol. The van der Waals surface area contributed by atoms with Crippen LogP contribution >= 0.6 is 0 Å². The molecule has 20 heavy (non-hydrogen) atoms. The number of halogens is 1. The summed E-state index contributed by atoms with van der Waals surface area (Å²) in [5.74, 6) is -0.201. The smallest absolute Gasteiger partial charge is 0.123 e. The zero-order chi connectivity index (χ0) is 14.4. The van der Waals surface area contributed by atoms with Gasteiger partial charge in [-0.1, -0.05) is 49.4 Å². The van der Waals surface area contributed by atoms with E-state index in [9.17, 15) is 4.39 Å². The molecule has 0 saturated heterocycles. The van der Waals surface area contributed by atoms with Crippen molar-refractivity contribution in [2.45, 2.75) is 13.8 Å². The van der Waals surface area contributed by atoms with E-state index in [0.717, 1.165) is 24.2 Å². The van der Waals surface area contributed by atoms with E-state index < -0.39 is 0 Å². The lowest BCUT2D eigenvalue weighted by molar-refractivity contribution is 0.628. The fourth-order valence-electron chi connectivity index (χ4n) is 2.06. The van der Waals surface area contributed by atoms with Crippen molar-refractivity contribution in [3.8, 4) is 11.1 Å². The Hall–Kier alpha value is -1.93. The first-order chi connectivity index (χ1) is 9.70. The number of hydrogen-bond acceptors (Lipinski definition) is 1. The fraction of sp³-hybridized carbons (Fsp3) is 0.222. The van der Waals surface area contributed by atoms with Crippen LogP contribution in [-0.4, -0.2) is 13.1 Å². The Morgan fingerprint density at radius 1 is 1.00 bits per heavy atom. The minimum absolute atomic E-state index is 0.201. The van der Waals surface area contributed by atoms with Crippen molar-refractivity contribution in [2.75, 3.05) is 13.1 Å². The van der Waals surface area contributed by atoms with Gasteiger partial charge < -0.3 is 5.32 Å². The molecule has 0 saturated carbocycles. The Morgan fingerprint density at radius 3 is 2.10 bits per heavy atom. The van der Waals surface area contributed by atoms with E-state index in [2.05, 4.69) is 49.5 Å². The Labute approximate surface area is 120 Å². The van der Waals surface area contributed by atoms with Gasteiger partial charge in [-0.15, -0.1) is 0 Å². The molecule has 0 bridgehead atoms. The SMILES string of the molecule is CCNCC=C(C)c1ccc(-c2ccc(F)cc2)cc1. The lowest BCUT2D eigenvalue weighted by atomic mass is 10.0. The molecule has 2 heteroatoms. The van der Waals surface area contributed by atoms with Crippen LogP contribution in [0.4, 0.5) is 4.39 Å². The summed E-state index contributed by atoms with van der Waals surface area (Å²) < 4.78 is 12.9.